The largest absolute Gasteiger partial charge is 0.382 e. The third kappa shape index (κ3) is 2.83. The minimum absolute atomic E-state index is 0.0584. The van der Waals surface area contributed by atoms with Gasteiger partial charge >= 0.3 is 0 Å². The second-order valence-electron chi connectivity index (χ2n) is 3.72. The molecular formula is C11H8FN5O3. The summed E-state index contributed by atoms with van der Waals surface area (Å²) in [5, 5.41) is 19.7. The van der Waals surface area contributed by atoms with Crippen LogP contribution in [-0.4, -0.2) is 21.0 Å². The van der Waals surface area contributed by atoms with Crippen LogP contribution in [0.15, 0.2) is 30.3 Å². The molecule has 0 unspecified atom stereocenters. The number of rotatable bonds is 3. The van der Waals surface area contributed by atoms with Gasteiger partial charge in [-0.3, -0.25) is 14.9 Å². The van der Waals surface area contributed by atoms with Gasteiger partial charge in [0, 0.05) is 6.07 Å². The molecule has 9 heteroatoms. The summed E-state index contributed by atoms with van der Waals surface area (Å²) in [5.41, 5.74) is 4.66. The Morgan fingerprint density at radius 2 is 2.05 bits per heavy atom. The Morgan fingerprint density at radius 3 is 2.60 bits per heavy atom. The first-order chi connectivity index (χ1) is 9.47. The molecule has 8 nitrogen and oxygen atoms in total. The zero-order chi connectivity index (χ0) is 14.7. The van der Waals surface area contributed by atoms with Gasteiger partial charge in [-0.2, -0.15) is 0 Å². The quantitative estimate of drug-likeness (QED) is 0.644. The standard InChI is InChI=1S/C11H8FN5O3/c12-7-5-6(17(19)20)1-2-8(7)14-11(18)9-3-4-10(13)16-15-9/h1-5H,(H2,13,16)(H,14,18). The van der Waals surface area contributed by atoms with Crippen LogP contribution in [0.5, 0.6) is 0 Å². The summed E-state index contributed by atoms with van der Waals surface area (Å²) in [7, 11) is 0. The molecule has 1 amide bonds. The smallest absolute Gasteiger partial charge is 0.276 e. The molecule has 102 valence electrons. The number of halogens is 1. The average molecular weight is 277 g/mol. The zero-order valence-electron chi connectivity index (χ0n) is 9.91. The maximum absolute atomic E-state index is 13.6. The summed E-state index contributed by atoms with van der Waals surface area (Å²) in [5.74, 6) is -1.48. The number of benzene rings is 1. The molecule has 2 rings (SSSR count). The van der Waals surface area contributed by atoms with Crippen molar-refractivity contribution in [1.82, 2.24) is 10.2 Å². The highest BCUT2D eigenvalue weighted by atomic mass is 19.1. The van der Waals surface area contributed by atoms with Crippen molar-refractivity contribution in [3.63, 3.8) is 0 Å². The molecule has 2 aromatic rings. The molecule has 3 N–H and O–H groups in total. The van der Waals surface area contributed by atoms with E-state index < -0.39 is 22.3 Å². The van der Waals surface area contributed by atoms with Gasteiger partial charge in [-0.1, -0.05) is 0 Å². The number of hydrogen-bond donors (Lipinski definition) is 2. The molecule has 0 radical (unpaired) electrons. The van der Waals surface area contributed by atoms with Crippen LogP contribution in [0, 0.1) is 15.9 Å². The maximum atomic E-state index is 13.6. The lowest BCUT2D eigenvalue weighted by Gasteiger charge is -2.05. The molecule has 1 aromatic heterocycles. The molecule has 20 heavy (non-hydrogen) atoms. The molecule has 0 saturated carbocycles. The predicted octanol–water partition coefficient (Wildman–Crippen LogP) is 1.36. The molecule has 0 aliphatic heterocycles. The molecule has 0 atom stereocenters. The number of anilines is 2. The van der Waals surface area contributed by atoms with E-state index >= 15 is 0 Å². The van der Waals surface area contributed by atoms with E-state index in [0.717, 1.165) is 12.1 Å². The Labute approximate surface area is 111 Å². The molecule has 0 bridgehead atoms. The Morgan fingerprint density at radius 1 is 1.30 bits per heavy atom. The molecule has 0 spiro atoms. The number of aromatic nitrogens is 2. The molecule has 0 saturated heterocycles. The van der Waals surface area contributed by atoms with Gasteiger partial charge in [-0.15, -0.1) is 10.2 Å². The summed E-state index contributed by atoms with van der Waals surface area (Å²) in [4.78, 5) is 21.5. The first-order valence-corrected chi connectivity index (χ1v) is 5.32. The van der Waals surface area contributed by atoms with Gasteiger partial charge in [-0.25, -0.2) is 4.39 Å². The second-order valence-corrected chi connectivity index (χ2v) is 3.72. The molecule has 1 heterocycles. The van der Waals surface area contributed by atoms with Crippen molar-refractivity contribution >= 4 is 23.1 Å². The highest BCUT2D eigenvalue weighted by Gasteiger charge is 2.14. The monoisotopic (exact) mass is 277 g/mol. The predicted molar refractivity (Wildman–Crippen MR) is 67.5 cm³/mol. The van der Waals surface area contributed by atoms with Gasteiger partial charge in [0.2, 0.25) is 0 Å². The average Bonchev–Trinajstić information content (AvgIpc) is 2.41. The van der Waals surface area contributed by atoms with Crippen molar-refractivity contribution in [2.75, 3.05) is 11.1 Å². The van der Waals surface area contributed by atoms with Crippen molar-refractivity contribution in [1.29, 1.82) is 0 Å². The normalized spacial score (nSPS) is 10.1. The van der Waals surface area contributed by atoms with Crippen LogP contribution in [0.4, 0.5) is 21.6 Å². The number of nitro benzene ring substituents is 1. The van der Waals surface area contributed by atoms with Gasteiger partial charge in [0.05, 0.1) is 16.7 Å². The summed E-state index contributed by atoms with van der Waals surface area (Å²) in [6, 6.07) is 5.57. The molecule has 1 aromatic carbocycles. The van der Waals surface area contributed by atoms with E-state index in [2.05, 4.69) is 15.5 Å². The lowest BCUT2D eigenvalue weighted by atomic mass is 10.2. The third-order valence-corrected chi connectivity index (χ3v) is 2.33. The highest BCUT2D eigenvalue weighted by Crippen LogP contribution is 2.20. The van der Waals surface area contributed by atoms with Gasteiger partial charge in [0.25, 0.3) is 11.6 Å². The molecule has 0 aliphatic rings. The number of nitrogens with two attached hydrogens (primary N) is 1. The third-order valence-electron chi connectivity index (χ3n) is 2.33. The van der Waals surface area contributed by atoms with Gasteiger partial charge in [0.15, 0.2) is 11.5 Å². The summed E-state index contributed by atoms with van der Waals surface area (Å²) in [6.07, 6.45) is 0. The van der Waals surface area contributed by atoms with Crippen LogP contribution in [-0.2, 0) is 0 Å². The zero-order valence-corrected chi connectivity index (χ0v) is 9.91. The Balaban J connectivity index is 2.19. The summed E-state index contributed by atoms with van der Waals surface area (Å²) >= 11 is 0. The first-order valence-electron chi connectivity index (χ1n) is 5.32. The number of nitrogens with zero attached hydrogens (tertiary/aromatic N) is 3. The Hall–Kier alpha value is -3.10. The molecular weight excluding hydrogens is 269 g/mol. The van der Waals surface area contributed by atoms with Gasteiger partial charge < -0.3 is 11.1 Å². The minimum atomic E-state index is -0.920. The van der Waals surface area contributed by atoms with Gasteiger partial charge in [0.1, 0.15) is 5.82 Å². The number of carbonyl (C=O) groups excluding carboxylic acids is 1. The molecule has 0 aliphatic carbocycles. The van der Waals surface area contributed by atoms with Crippen LogP contribution in [0.1, 0.15) is 10.5 Å². The number of non-ortho nitro benzene ring substituents is 1. The topological polar surface area (TPSA) is 124 Å². The summed E-state index contributed by atoms with van der Waals surface area (Å²) in [6.45, 7) is 0. The van der Waals surface area contributed by atoms with E-state index in [1.807, 2.05) is 0 Å². The van der Waals surface area contributed by atoms with Crippen molar-refractivity contribution in [3.05, 3.63) is 52.0 Å². The van der Waals surface area contributed by atoms with Crippen LogP contribution in [0.25, 0.3) is 0 Å². The number of nitrogens with one attached hydrogen (secondary N) is 1. The van der Waals surface area contributed by atoms with Crippen molar-refractivity contribution in [2.24, 2.45) is 0 Å². The van der Waals surface area contributed by atoms with Crippen molar-refractivity contribution in [2.45, 2.75) is 0 Å². The van der Waals surface area contributed by atoms with Crippen molar-refractivity contribution in [3.8, 4) is 0 Å². The van der Waals surface area contributed by atoms with Crippen molar-refractivity contribution < 1.29 is 14.1 Å². The van der Waals surface area contributed by atoms with Crippen LogP contribution < -0.4 is 11.1 Å². The number of hydrogen-bond acceptors (Lipinski definition) is 6. The minimum Gasteiger partial charge on any atom is -0.382 e. The van der Waals surface area contributed by atoms with E-state index in [9.17, 15) is 19.3 Å². The van der Waals surface area contributed by atoms with E-state index in [1.165, 1.54) is 12.1 Å². The second kappa shape index (κ2) is 5.26. The van der Waals surface area contributed by atoms with Crippen LogP contribution in [0.3, 0.4) is 0 Å². The molecule has 0 fully saturated rings. The summed E-state index contributed by atoms with van der Waals surface area (Å²) < 4.78 is 13.6. The number of nitro groups is 1. The lowest BCUT2D eigenvalue weighted by molar-refractivity contribution is -0.385. The van der Waals surface area contributed by atoms with Crippen LogP contribution >= 0.6 is 0 Å². The maximum Gasteiger partial charge on any atom is 0.276 e. The highest BCUT2D eigenvalue weighted by molar-refractivity contribution is 6.02. The van der Waals surface area contributed by atoms with E-state index in [-0.39, 0.29) is 17.2 Å². The fourth-order valence-corrected chi connectivity index (χ4v) is 1.37. The fourth-order valence-electron chi connectivity index (χ4n) is 1.37. The van der Waals surface area contributed by atoms with E-state index in [0.29, 0.717) is 6.07 Å². The fraction of sp³-hybridized carbons (Fsp3) is 0. The SMILES string of the molecule is Nc1ccc(C(=O)Nc2ccc([N+](=O)[O-])cc2F)nn1. The van der Waals surface area contributed by atoms with Gasteiger partial charge in [-0.05, 0) is 18.2 Å². The Kier molecular flexibility index (Phi) is 3.51. The van der Waals surface area contributed by atoms with E-state index in [1.54, 1.807) is 0 Å². The number of amides is 1. The van der Waals surface area contributed by atoms with E-state index in [4.69, 9.17) is 5.73 Å². The Bertz CT molecular complexity index is 674. The lowest BCUT2D eigenvalue weighted by Crippen LogP contribution is -2.15. The van der Waals surface area contributed by atoms with Crippen LogP contribution in [0.2, 0.25) is 0 Å². The first kappa shape index (κ1) is 13.3. The number of nitrogen functional groups attached to an aromatic ring is 1. The number of carbonyl (C=O) groups is 1.